The van der Waals surface area contributed by atoms with Gasteiger partial charge in [0.2, 0.25) is 5.91 Å². The molecule has 0 rings (SSSR count). The number of aliphatic hydroxyl groups is 4. The second kappa shape index (κ2) is 56.2. The third-order valence-electron chi connectivity index (χ3n) is 15.1. The summed E-state index contributed by atoms with van der Waals surface area (Å²) >= 11 is 0. The fourth-order valence-corrected chi connectivity index (χ4v) is 10.2. The maximum Gasteiger partial charge on any atom is 0.249 e. The fourth-order valence-electron chi connectivity index (χ4n) is 10.2. The summed E-state index contributed by atoms with van der Waals surface area (Å²) in [5.74, 6) is -0.574. The Labute approximate surface area is 420 Å². The Balaban J connectivity index is 3.53. The monoisotopic (exact) mass is 950 g/mol. The maximum atomic E-state index is 12.6. The highest BCUT2D eigenvalue weighted by molar-refractivity contribution is 5.80. The summed E-state index contributed by atoms with van der Waals surface area (Å²) in [6.07, 6.45) is 66.2. The highest BCUT2D eigenvalue weighted by Crippen LogP contribution is 2.19. The lowest BCUT2D eigenvalue weighted by atomic mass is 9.99. The molecule has 0 aromatic heterocycles. The lowest BCUT2D eigenvalue weighted by Gasteiger charge is -2.27. The van der Waals surface area contributed by atoms with Crippen molar-refractivity contribution in [3.8, 4) is 0 Å². The summed E-state index contributed by atoms with van der Waals surface area (Å²) in [4.78, 5) is 12.6. The van der Waals surface area contributed by atoms with Gasteiger partial charge in [0.25, 0.3) is 0 Å². The molecule has 0 aliphatic rings. The number of aliphatic hydroxyl groups excluding tert-OH is 4. The van der Waals surface area contributed by atoms with Crippen LogP contribution in [0.2, 0.25) is 0 Å². The Kier molecular flexibility index (Phi) is 55.6. The third kappa shape index (κ3) is 50.1. The molecule has 0 fully saturated rings. The van der Waals surface area contributed by atoms with E-state index in [0.29, 0.717) is 12.8 Å². The van der Waals surface area contributed by atoms with Crippen molar-refractivity contribution in [1.82, 2.24) is 5.32 Å². The van der Waals surface area contributed by atoms with E-state index in [2.05, 4.69) is 19.2 Å². The Bertz CT molecular complexity index is 933. The van der Waals surface area contributed by atoms with Gasteiger partial charge in [0.15, 0.2) is 0 Å². The highest BCUT2D eigenvalue weighted by Gasteiger charge is 2.28. The van der Waals surface area contributed by atoms with E-state index in [4.69, 9.17) is 0 Å². The van der Waals surface area contributed by atoms with Gasteiger partial charge in [0, 0.05) is 0 Å². The molecule has 0 aliphatic carbocycles. The van der Waals surface area contributed by atoms with Gasteiger partial charge in [0.05, 0.1) is 18.8 Å². The molecule has 0 radical (unpaired) electrons. The number of rotatable bonds is 58. The van der Waals surface area contributed by atoms with E-state index in [1.54, 1.807) is 0 Å². The van der Waals surface area contributed by atoms with Crippen LogP contribution in [0.15, 0.2) is 0 Å². The summed E-state index contributed by atoms with van der Waals surface area (Å²) in [7, 11) is 0. The Morgan fingerprint density at radius 1 is 0.313 bits per heavy atom. The first-order valence-electron chi connectivity index (χ1n) is 30.9. The van der Waals surface area contributed by atoms with E-state index in [0.717, 1.165) is 38.5 Å². The van der Waals surface area contributed by atoms with Crippen molar-refractivity contribution in [3.05, 3.63) is 0 Å². The normalized spacial score (nSPS) is 13.6. The van der Waals surface area contributed by atoms with E-state index >= 15 is 0 Å². The van der Waals surface area contributed by atoms with Gasteiger partial charge in [-0.2, -0.15) is 0 Å². The van der Waals surface area contributed by atoms with Gasteiger partial charge in [-0.3, -0.25) is 4.79 Å². The zero-order valence-corrected chi connectivity index (χ0v) is 45.7. The van der Waals surface area contributed by atoms with Crippen molar-refractivity contribution in [2.24, 2.45) is 0 Å². The van der Waals surface area contributed by atoms with Crippen LogP contribution in [0, 0.1) is 0 Å². The van der Waals surface area contributed by atoms with E-state index in [-0.39, 0.29) is 0 Å². The van der Waals surface area contributed by atoms with Crippen molar-refractivity contribution in [2.75, 3.05) is 6.61 Å². The van der Waals surface area contributed by atoms with Gasteiger partial charge in [0.1, 0.15) is 12.2 Å². The number of unbranched alkanes of at least 4 members (excludes halogenated alkanes) is 49. The van der Waals surface area contributed by atoms with Crippen LogP contribution in [0.3, 0.4) is 0 Å². The summed E-state index contributed by atoms with van der Waals surface area (Å²) in [5.41, 5.74) is 0. The molecule has 0 saturated heterocycles. The molecule has 0 aromatic rings. The lowest BCUT2D eigenvalue weighted by molar-refractivity contribution is -0.132. The smallest absolute Gasteiger partial charge is 0.249 e. The van der Waals surface area contributed by atoms with E-state index in [9.17, 15) is 25.2 Å². The van der Waals surface area contributed by atoms with Gasteiger partial charge in [-0.15, -0.1) is 0 Å². The molecule has 4 unspecified atom stereocenters. The molecule has 402 valence electrons. The number of nitrogens with one attached hydrogen (secondary N) is 1. The molecule has 0 heterocycles. The van der Waals surface area contributed by atoms with Gasteiger partial charge < -0.3 is 25.7 Å². The molecular weight excluding hydrogens is 827 g/mol. The fraction of sp³-hybridized carbons (Fsp3) is 0.984. The molecule has 6 heteroatoms. The molecule has 0 aliphatic heterocycles. The first-order chi connectivity index (χ1) is 33.0. The van der Waals surface area contributed by atoms with Crippen LogP contribution in [0.1, 0.15) is 354 Å². The summed E-state index contributed by atoms with van der Waals surface area (Å²) in [6, 6.07) is -0.981. The van der Waals surface area contributed by atoms with Crippen LogP contribution in [-0.2, 0) is 4.79 Å². The van der Waals surface area contributed by atoms with Crippen molar-refractivity contribution >= 4 is 5.91 Å². The number of carbonyl (C=O) groups excluding carboxylic acids is 1. The molecular formula is C61H123NO5. The lowest BCUT2D eigenvalue weighted by Crippen LogP contribution is -2.53. The molecule has 1 amide bonds. The first kappa shape index (κ1) is 66.3. The standard InChI is InChI=1S/C61H123NO5/c1-3-5-7-9-11-13-15-17-19-21-23-25-26-27-28-29-30-31-32-33-34-35-37-39-41-43-45-47-49-51-53-55-59(65)61(67)62-57(56-63)60(66)58(64)54-52-50-48-46-44-42-40-38-36-24-22-20-18-16-14-12-10-8-6-4-2/h57-60,63-66H,3-56H2,1-2H3,(H,62,67). The van der Waals surface area contributed by atoms with Crippen molar-refractivity contribution in [3.63, 3.8) is 0 Å². The number of hydrogen-bond acceptors (Lipinski definition) is 5. The molecule has 0 bridgehead atoms. The molecule has 0 saturated carbocycles. The van der Waals surface area contributed by atoms with Gasteiger partial charge >= 0.3 is 0 Å². The summed E-state index contributed by atoms with van der Waals surface area (Å²) in [5, 5.41) is 44.1. The minimum absolute atomic E-state index is 0.377. The van der Waals surface area contributed by atoms with Crippen molar-refractivity contribution in [1.29, 1.82) is 0 Å². The second-order valence-corrected chi connectivity index (χ2v) is 21.8. The SMILES string of the molecule is CCCCCCCCCCCCCCCCCCCCCCCCCCCCCCCCCC(O)C(=O)NC(CO)C(O)C(O)CCCCCCCCCCCCCCCCCCCCCC. The summed E-state index contributed by atoms with van der Waals surface area (Å²) in [6.45, 7) is 4.11. The number of carbonyl (C=O) groups is 1. The minimum Gasteiger partial charge on any atom is -0.394 e. The van der Waals surface area contributed by atoms with Crippen molar-refractivity contribution in [2.45, 2.75) is 379 Å². The van der Waals surface area contributed by atoms with E-state index in [1.807, 2.05) is 0 Å². The molecule has 67 heavy (non-hydrogen) atoms. The zero-order valence-electron chi connectivity index (χ0n) is 45.7. The van der Waals surface area contributed by atoms with Crippen molar-refractivity contribution < 1.29 is 25.2 Å². The Morgan fingerprint density at radius 3 is 0.716 bits per heavy atom. The largest absolute Gasteiger partial charge is 0.394 e. The van der Waals surface area contributed by atoms with E-state index < -0.39 is 36.9 Å². The van der Waals surface area contributed by atoms with Crippen LogP contribution in [0.4, 0.5) is 0 Å². The number of amides is 1. The number of hydrogen-bond donors (Lipinski definition) is 5. The molecule has 4 atom stereocenters. The summed E-state index contributed by atoms with van der Waals surface area (Å²) < 4.78 is 0. The van der Waals surface area contributed by atoms with Crippen LogP contribution in [0.25, 0.3) is 0 Å². The average Bonchev–Trinajstić information content (AvgIpc) is 3.33. The molecule has 0 aromatic carbocycles. The molecule has 6 nitrogen and oxygen atoms in total. The maximum absolute atomic E-state index is 12.6. The average molecular weight is 951 g/mol. The minimum atomic E-state index is -1.25. The topological polar surface area (TPSA) is 110 Å². The predicted octanol–water partition coefficient (Wildman–Crippen LogP) is 18.3. The van der Waals surface area contributed by atoms with Gasteiger partial charge in [-0.25, -0.2) is 0 Å². The van der Waals surface area contributed by atoms with Gasteiger partial charge in [-0.05, 0) is 12.8 Å². The molecule has 0 spiro atoms. The third-order valence-corrected chi connectivity index (χ3v) is 15.1. The highest BCUT2D eigenvalue weighted by atomic mass is 16.3. The van der Waals surface area contributed by atoms with Crippen LogP contribution < -0.4 is 5.32 Å². The van der Waals surface area contributed by atoms with Crippen LogP contribution in [0.5, 0.6) is 0 Å². The quantitative estimate of drug-likeness (QED) is 0.0390. The van der Waals surface area contributed by atoms with E-state index in [1.165, 1.54) is 289 Å². The van der Waals surface area contributed by atoms with Crippen LogP contribution >= 0.6 is 0 Å². The molecule has 5 N–H and O–H groups in total. The first-order valence-corrected chi connectivity index (χ1v) is 30.9. The predicted molar refractivity (Wildman–Crippen MR) is 293 cm³/mol. The Hall–Kier alpha value is -0.690. The second-order valence-electron chi connectivity index (χ2n) is 21.8. The van der Waals surface area contributed by atoms with Crippen LogP contribution in [-0.4, -0.2) is 57.3 Å². The Morgan fingerprint density at radius 2 is 0.507 bits per heavy atom. The van der Waals surface area contributed by atoms with Gasteiger partial charge in [-0.1, -0.05) is 341 Å². The zero-order chi connectivity index (χ0) is 48.8.